The van der Waals surface area contributed by atoms with Gasteiger partial charge in [-0.15, -0.1) is 0 Å². The Morgan fingerprint density at radius 2 is 2.05 bits per heavy atom. The molecule has 0 saturated heterocycles. The Hall–Kier alpha value is -2.04. The second-order valence-corrected chi connectivity index (χ2v) is 5.42. The van der Waals surface area contributed by atoms with Crippen LogP contribution < -0.4 is 10.6 Å². The lowest BCUT2D eigenvalue weighted by Gasteiger charge is -2.11. The fraction of sp³-hybridized carbons (Fsp3) is 0.467. The first-order chi connectivity index (χ1) is 9.56. The van der Waals surface area contributed by atoms with E-state index in [-0.39, 0.29) is 24.4 Å². The van der Waals surface area contributed by atoms with E-state index in [9.17, 15) is 9.59 Å². The number of benzene rings is 1. The molecule has 0 radical (unpaired) electrons. The monoisotopic (exact) mass is 276 g/mol. The number of urea groups is 1. The van der Waals surface area contributed by atoms with E-state index in [0.29, 0.717) is 12.5 Å². The summed E-state index contributed by atoms with van der Waals surface area (Å²) in [5.74, 6) is -0.508. The molecule has 0 spiro atoms. The second kappa shape index (κ2) is 6.41. The number of aliphatic carboxylic acids is 1. The molecule has 0 aliphatic heterocycles. The zero-order valence-electron chi connectivity index (χ0n) is 11.5. The van der Waals surface area contributed by atoms with E-state index in [4.69, 9.17) is 5.11 Å². The molecule has 3 N–H and O–H groups in total. The van der Waals surface area contributed by atoms with Crippen LogP contribution in [-0.2, 0) is 4.79 Å². The molecule has 3 unspecified atom stereocenters. The molecule has 5 nitrogen and oxygen atoms in total. The van der Waals surface area contributed by atoms with Crippen LogP contribution in [0.2, 0.25) is 0 Å². The molecular weight excluding hydrogens is 256 g/mol. The third kappa shape index (κ3) is 4.26. The number of carbonyl (C=O) groups excluding carboxylic acids is 1. The van der Waals surface area contributed by atoms with Crippen molar-refractivity contribution in [2.75, 3.05) is 6.54 Å². The van der Waals surface area contributed by atoms with Gasteiger partial charge in [-0.1, -0.05) is 37.3 Å². The molecule has 1 aromatic carbocycles. The van der Waals surface area contributed by atoms with Gasteiger partial charge in [0.15, 0.2) is 0 Å². The summed E-state index contributed by atoms with van der Waals surface area (Å²) in [7, 11) is 0. The van der Waals surface area contributed by atoms with Gasteiger partial charge in [0.2, 0.25) is 0 Å². The molecule has 0 bridgehead atoms. The molecule has 20 heavy (non-hydrogen) atoms. The van der Waals surface area contributed by atoms with E-state index in [1.807, 2.05) is 18.2 Å². The van der Waals surface area contributed by atoms with Crippen LogP contribution in [0.1, 0.15) is 31.2 Å². The van der Waals surface area contributed by atoms with E-state index in [2.05, 4.69) is 22.8 Å². The zero-order valence-corrected chi connectivity index (χ0v) is 11.5. The molecule has 1 saturated carbocycles. The molecule has 0 aromatic heterocycles. The van der Waals surface area contributed by atoms with Crippen LogP contribution in [0, 0.1) is 5.92 Å². The summed E-state index contributed by atoms with van der Waals surface area (Å²) in [5, 5.41) is 14.3. The highest BCUT2D eigenvalue weighted by molar-refractivity contribution is 5.75. The number of carboxylic acids is 1. The molecule has 108 valence electrons. The average Bonchev–Trinajstić information content (AvgIpc) is 3.16. The van der Waals surface area contributed by atoms with Crippen molar-refractivity contribution in [3.8, 4) is 0 Å². The van der Waals surface area contributed by atoms with Crippen LogP contribution in [-0.4, -0.2) is 29.7 Å². The minimum Gasteiger partial charge on any atom is -0.481 e. The van der Waals surface area contributed by atoms with E-state index in [1.54, 1.807) is 6.92 Å². The first-order valence-corrected chi connectivity index (χ1v) is 6.87. The second-order valence-electron chi connectivity index (χ2n) is 5.42. The normalized spacial score (nSPS) is 21.9. The van der Waals surface area contributed by atoms with Gasteiger partial charge >= 0.3 is 12.0 Å². The van der Waals surface area contributed by atoms with Crippen LogP contribution in [0.15, 0.2) is 30.3 Å². The standard InChI is InChI=1S/C15H20N2O3/c1-10(7-14(18)19)9-16-15(20)17-13-8-12(13)11-5-3-2-4-6-11/h2-6,10,12-13H,7-9H2,1H3,(H,18,19)(H2,16,17,20). The molecule has 0 heterocycles. The third-order valence-electron chi connectivity index (χ3n) is 3.47. The van der Waals surface area contributed by atoms with E-state index >= 15 is 0 Å². The highest BCUT2D eigenvalue weighted by Gasteiger charge is 2.39. The fourth-order valence-electron chi connectivity index (χ4n) is 2.28. The van der Waals surface area contributed by atoms with Gasteiger partial charge in [0.1, 0.15) is 0 Å². The number of carbonyl (C=O) groups is 2. The topological polar surface area (TPSA) is 78.4 Å². The summed E-state index contributed by atoms with van der Waals surface area (Å²) in [4.78, 5) is 22.2. The van der Waals surface area contributed by atoms with Gasteiger partial charge in [-0.05, 0) is 17.9 Å². The number of hydrogen-bond donors (Lipinski definition) is 3. The summed E-state index contributed by atoms with van der Waals surface area (Å²) in [6.07, 6.45) is 1.03. The van der Waals surface area contributed by atoms with Crippen molar-refractivity contribution in [3.63, 3.8) is 0 Å². The summed E-state index contributed by atoms with van der Waals surface area (Å²) in [6, 6.07) is 10.1. The summed E-state index contributed by atoms with van der Waals surface area (Å²) in [5.41, 5.74) is 1.25. The number of nitrogens with one attached hydrogen (secondary N) is 2. The van der Waals surface area contributed by atoms with Gasteiger partial charge < -0.3 is 15.7 Å². The maximum absolute atomic E-state index is 11.7. The quantitative estimate of drug-likeness (QED) is 0.743. The Morgan fingerprint density at radius 3 is 2.70 bits per heavy atom. The maximum Gasteiger partial charge on any atom is 0.315 e. The first kappa shape index (κ1) is 14.4. The predicted molar refractivity (Wildman–Crippen MR) is 75.5 cm³/mol. The summed E-state index contributed by atoms with van der Waals surface area (Å²) in [6.45, 7) is 2.18. The SMILES string of the molecule is CC(CNC(=O)NC1CC1c1ccccc1)CC(=O)O. The highest BCUT2D eigenvalue weighted by Crippen LogP contribution is 2.40. The number of amides is 2. The van der Waals surface area contributed by atoms with E-state index in [1.165, 1.54) is 5.56 Å². The number of carboxylic acid groups (broad SMARTS) is 1. The molecule has 2 amide bonds. The molecule has 1 aliphatic rings. The number of rotatable bonds is 6. The molecular formula is C15H20N2O3. The molecule has 1 aromatic rings. The smallest absolute Gasteiger partial charge is 0.315 e. The van der Waals surface area contributed by atoms with Gasteiger partial charge in [-0.3, -0.25) is 4.79 Å². The van der Waals surface area contributed by atoms with Crippen LogP contribution in [0.25, 0.3) is 0 Å². The Kier molecular flexibility index (Phi) is 4.61. The van der Waals surface area contributed by atoms with Crippen molar-refractivity contribution in [2.45, 2.75) is 31.7 Å². The molecule has 3 atom stereocenters. The Balaban J connectivity index is 1.68. The lowest BCUT2D eigenvalue weighted by atomic mass is 10.1. The van der Waals surface area contributed by atoms with Crippen molar-refractivity contribution in [1.82, 2.24) is 10.6 Å². The van der Waals surface area contributed by atoms with Gasteiger partial charge in [-0.2, -0.15) is 0 Å². The van der Waals surface area contributed by atoms with Crippen LogP contribution in [0.3, 0.4) is 0 Å². The minimum absolute atomic E-state index is 0.0658. The summed E-state index contributed by atoms with van der Waals surface area (Å²) < 4.78 is 0. The molecule has 5 heteroatoms. The van der Waals surface area contributed by atoms with Gasteiger partial charge in [0.25, 0.3) is 0 Å². The van der Waals surface area contributed by atoms with Crippen LogP contribution in [0.5, 0.6) is 0 Å². The van der Waals surface area contributed by atoms with Crippen molar-refractivity contribution in [3.05, 3.63) is 35.9 Å². The molecule has 2 rings (SSSR count). The zero-order chi connectivity index (χ0) is 14.5. The average molecular weight is 276 g/mol. The lowest BCUT2D eigenvalue weighted by molar-refractivity contribution is -0.137. The Bertz CT molecular complexity index is 475. The Labute approximate surface area is 118 Å². The largest absolute Gasteiger partial charge is 0.481 e. The lowest BCUT2D eigenvalue weighted by Crippen LogP contribution is -2.39. The first-order valence-electron chi connectivity index (χ1n) is 6.87. The Morgan fingerprint density at radius 1 is 1.35 bits per heavy atom. The minimum atomic E-state index is -0.842. The van der Waals surface area contributed by atoms with Gasteiger partial charge in [-0.25, -0.2) is 4.79 Å². The maximum atomic E-state index is 11.7. The van der Waals surface area contributed by atoms with E-state index in [0.717, 1.165) is 6.42 Å². The summed E-state index contributed by atoms with van der Waals surface area (Å²) >= 11 is 0. The van der Waals surface area contributed by atoms with Crippen molar-refractivity contribution >= 4 is 12.0 Å². The van der Waals surface area contributed by atoms with Crippen LogP contribution in [0.4, 0.5) is 4.79 Å². The number of hydrogen-bond acceptors (Lipinski definition) is 2. The van der Waals surface area contributed by atoms with Crippen molar-refractivity contribution in [2.24, 2.45) is 5.92 Å². The predicted octanol–water partition coefficient (Wildman–Crippen LogP) is 1.95. The van der Waals surface area contributed by atoms with Gasteiger partial charge in [0.05, 0.1) is 0 Å². The van der Waals surface area contributed by atoms with Gasteiger partial charge in [0, 0.05) is 24.9 Å². The van der Waals surface area contributed by atoms with Crippen molar-refractivity contribution in [1.29, 1.82) is 0 Å². The molecule has 1 aliphatic carbocycles. The highest BCUT2D eigenvalue weighted by atomic mass is 16.4. The third-order valence-corrected chi connectivity index (χ3v) is 3.47. The van der Waals surface area contributed by atoms with Crippen LogP contribution >= 0.6 is 0 Å². The van der Waals surface area contributed by atoms with Crippen molar-refractivity contribution < 1.29 is 14.7 Å². The fourth-order valence-corrected chi connectivity index (χ4v) is 2.28. The molecule has 1 fully saturated rings. The van der Waals surface area contributed by atoms with E-state index < -0.39 is 5.97 Å².